The van der Waals surface area contributed by atoms with E-state index >= 15 is 0 Å². The largest absolute Gasteiger partial charge is 0.317 e. The van der Waals surface area contributed by atoms with Gasteiger partial charge in [-0.05, 0) is 101 Å². The van der Waals surface area contributed by atoms with Gasteiger partial charge in [0.05, 0.1) is 0 Å². The van der Waals surface area contributed by atoms with Gasteiger partial charge in [0, 0.05) is 32.7 Å². The zero-order chi connectivity index (χ0) is 18.1. The van der Waals surface area contributed by atoms with Crippen molar-refractivity contribution in [3.8, 4) is 5.69 Å². The summed E-state index contributed by atoms with van der Waals surface area (Å²) in [5.74, 6) is 0. The maximum Gasteiger partial charge on any atom is 0.0456 e. The van der Waals surface area contributed by atoms with Gasteiger partial charge in [0.1, 0.15) is 0 Å². The van der Waals surface area contributed by atoms with Gasteiger partial charge in [-0.2, -0.15) is 0 Å². The van der Waals surface area contributed by atoms with Crippen molar-refractivity contribution in [3.05, 3.63) is 63.4 Å². The van der Waals surface area contributed by atoms with Crippen molar-refractivity contribution >= 4 is 27.1 Å². The molecule has 136 valence electrons. The molecule has 2 aliphatic rings. The Kier molecular flexibility index (Phi) is 5.22. The summed E-state index contributed by atoms with van der Waals surface area (Å²) in [6.45, 7) is 4.62. The molecular formula is C24H28BrN. The average Bonchev–Trinajstić information content (AvgIpc) is 2.94. The van der Waals surface area contributed by atoms with Gasteiger partial charge in [0.2, 0.25) is 0 Å². The Bertz CT molecular complexity index is 815. The Hall–Kier alpha value is -1.54. The molecule has 0 bridgehead atoms. The second kappa shape index (κ2) is 7.60. The quantitative estimate of drug-likeness (QED) is 0.487. The Balaban J connectivity index is 1.93. The highest BCUT2D eigenvalue weighted by molar-refractivity contribution is 9.10. The molecular weight excluding hydrogens is 382 g/mol. The summed E-state index contributed by atoms with van der Waals surface area (Å²) >= 11 is 3.57. The van der Waals surface area contributed by atoms with Crippen LogP contribution in [0.25, 0.3) is 16.8 Å². The van der Waals surface area contributed by atoms with Gasteiger partial charge < -0.3 is 4.57 Å². The molecule has 2 heteroatoms. The summed E-state index contributed by atoms with van der Waals surface area (Å²) in [6.07, 6.45) is 15.3. The summed E-state index contributed by atoms with van der Waals surface area (Å²) < 4.78 is 3.61. The third-order valence-corrected chi connectivity index (χ3v) is 6.48. The third kappa shape index (κ3) is 3.24. The van der Waals surface area contributed by atoms with Crippen LogP contribution in [0.1, 0.15) is 73.9 Å². The molecule has 1 aromatic carbocycles. The number of aromatic nitrogens is 1. The van der Waals surface area contributed by atoms with Crippen LogP contribution in [0.5, 0.6) is 0 Å². The minimum Gasteiger partial charge on any atom is -0.317 e. The lowest BCUT2D eigenvalue weighted by Crippen LogP contribution is -2.00. The number of allylic oxidation sites excluding steroid dienone is 4. The first kappa shape index (κ1) is 17.9. The summed E-state index contributed by atoms with van der Waals surface area (Å²) in [7, 11) is 0. The molecule has 1 aromatic heterocycles. The minimum absolute atomic E-state index is 1.13. The number of hydrogen-bond donors (Lipinski definition) is 0. The van der Waals surface area contributed by atoms with Crippen molar-refractivity contribution in [2.75, 3.05) is 0 Å². The number of nitrogens with zero attached hydrogens (tertiary/aromatic N) is 1. The molecule has 0 fully saturated rings. The van der Waals surface area contributed by atoms with E-state index in [1.165, 1.54) is 79.6 Å². The molecule has 0 aliphatic heterocycles. The van der Waals surface area contributed by atoms with Gasteiger partial charge in [-0.15, -0.1) is 0 Å². The summed E-state index contributed by atoms with van der Waals surface area (Å²) in [5.41, 5.74) is 10.3. The molecule has 0 saturated heterocycles. The minimum atomic E-state index is 1.13. The standard InChI is InChI=1S/C24H28BrN/c1-17-23(19-9-5-3-6-10-19)24(20-11-7-4-8-12-20)18(2)26(17)22-15-13-21(25)14-16-22/h9,11,13-16H,3-8,10,12H2,1-2H3. The number of rotatable bonds is 3. The van der Waals surface area contributed by atoms with Gasteiger partial charge in [0.15, 0.2) is 0 Å². The van der Waals surface area contributed by atoms with Crippen molar-refractivity contribution in [1.82, 2.24) is 4.57 Å². The van der Waals surface area contributed by atoms with E-state index in [1.807, 2.05) is 0 Å². The first-order valence-electron chi connectivity index (χ1n) is 10.0. The molecule has 0 N–H and O–H groups in total. The summed E-state index contributed by atoms with van der Waals surface area (Å²) in [4.78, 5) is 0. The molecule has 0 amide bonds. The van der Waals surface area contributed by atoms with Gasteiger partial charge in [-0.1, -0.05) is 28.1 Å². The van der Waals surface area contributed by atoms with Crippen LogP contribution in [-0.2, 0) is 0 Å². The van der Waals surface area contributed by atoms with Crippen LogP contribution >= 0.6 is 15.9 Å². The van der Waals surface area contributed by atoms with Crippen LogP contribution in [0.15, 0.2) is 40.9 Å². The lowest BCUT2D eigenvalue weighted by atomic mass is 9.85. The Morgan fingerprint density at radius 1 is 0.731 bits per heavy atom. The second-order valence-electron chi connectivity index (χ2n) is 7.68. The number of halogens is 1. The molecule has 2 aliphatic carbocycles. The molecule has 0 spiro atoms. The molecule has 1 nitrogen and oxygen atoms in total. The Morgan fingerprint density at radius 3 is 1.65 bits per heavy atom. The Morgan fingerprint density at radius 2 is 1.23 bits per heavy atom. The predicted octanol–water partition coefficient (Wildman–Crippen LogP) is 7.77. The second-order valence-corrected chi connectivity index (χ2v) is 8.60. The van der Waals surface area contributed by atoms with Gasteiger partial charge in [0.25, 0.3) is 0 Å². The molecule has 26 heavy (non-hydrogen) atoms. The number of benzene rings is 1. The molecule has 0 saturated carbocycles. The van der Waals surface area contributed by atoms with Gasteiger partial charge in [-0.25, -0.2) is 0 Å². The van der Waals surface area contributed by atoms with E-state index in [0.717, 1.165) is 4.47 Å². The molecule has 0 atom stereocenters. The van der Waals surface area contributed by atoms with E-state index < -0.39 is 0 Å². The first-order chi connectivity index (χ1) is 12.7. The maximum absolute atomic E-state index is 3.57. The lowest BCUT2D eigenvalue weighted by molar-refractivity contribution is 0.737. The van der Waals surface area contributed by atoms with Crippen LogP contribution in [0.3, 0.4) is 0 Å². The highest BCUT2D eigenvalue weighted by Crippen LogP contribution is 2.41. The summed E-state index contributed by atoms with van der Waals surface area (Å²) in [5, 5.41) is 0. The molecule has 1 heterocycles. The number of hydrogen-bond acceptors (Lipinski definition) is 0. The average molecular weight is 410 g/mol. The molecule has 0 radical (unpaired) electrons. The Labute approximate surface area is 165 Å². The van der Waals surface area contributed by atoms with Gasteiger partial charge in [-0.3, -0.25) is 0 Å². The third-order valence-electron chi connectivity index (χ3n) is 5.95. The lowest BCUT2D eigenvalue weighted by Gasteiger charge is -2.18. The van der Waals surface area contributed by atoms with E-state index in [2.05, 4.69) is 70.8 Å². The monoisotopic (exact) mass is 409 g/mol. The zero-order valence-electron chi connectivity index (χ0n) is 15.9. The van der Waals surface area contributed by atoms with Crippen LogP contribution < -0.4 is 0 Å². The van der Waals surface area contributed by atoms with Crippen molar-refractivity contribution in [1.29, 1.82) is 0 Å². The van der Waals surface area contributed by atoms with Crippen molar-refractivity contribution in [2.45, 2.75) is 65.2 Å². The first-order valence-corrected chi connectivity index (χ1v) is 10.8. The fourth-order valence-electron chi connectivity index (χ4n) is 4.73. The fourth-order valence-corrected chi connectivity index (χ4v) is 5.00. The normalized spacial score (nSPS) is 17.8. The zero-order valence-corrected chi connectivity index (χ0v) is 17.5. The fraction of sp³-hybridized carbons (Fsp3) is 0.417. The predicted molar refractivity (Wildman–Crippen MR) is 116 cm³/mol. The molecule has 4 rings (SSSR count). The van der Waals surface area contributed by atoms with E-state index in [-0.39, 0.29) is 0 Å². The van der Waals surface area contributed by atoms with Crippen LogP contribution in [0.4, 0.5) is 0 Å². The van der Waals surface area contributed by atoms with E-state index in [1.54, 1.807) is 11.1 Å². The van der Waals surface area contributed by atoms with Crippen LogP contribution in [-0.4, -0.2) is 4.57 Å². The van der Waals surface area contributed by atoms with Crippen LogP contribution in [0, 0.1) is 13.8 Å². The van der Waals surface area contributed by atoms with Gasteiger partial charge >= 0.3 is 0 Å². The SMILES string of the molecule is Cc1c(C2=CCCCC2)c(C2=CCCCC2)c(C)n1-c1ccc(Br)cc1. The van der Waals surface area contributed by atoms with Crippen molar-refractivity contribution < 1.29 is 0 Å². The smallest absolute Gasteiger partial charge is 0.0456 e. The molecule has 2 aromatic rings. The van der Waals surface area contributed by atoms with E-state index in [4.69, 9.17) is 0 Å². The highest BCUT2D eigenvalue weighted by atomic mass is 79.9. The topological polar surface area (TPSA) is 4.93 Å². The van der Waals surface area contributed by atoms with Crippen LogP contribution in [0.2, 0.25) is 0 Å². The molecule has 0 unspecified atom stereocenters. The summed E-state index contributed by atoms with van der Waals surface area (Å²) in [6, 6.07) is 8.74. The highest BCUT2D eigenvalue weighted by Gasteiger charge is 2.24. The van der Waals surface area contributed by atoms with Crippen molar-refractivity contribution in [3.63, 3.8) is 0 Å². The van der Waals surface area contributed by atoms with E-state index in [9.17, 15) is 0 Å². The maximum atomic E-state index is 3.57. The van der Waals surface area contributed by atoms with E-state index in [0.29, 0.717) is 0 Å². The van der Waals surface area contributed by atoms with Crippen molar-refractivity contribution in [2.24, 2.45) is 0 Å².